The molecule has 2 heterocycles. The Morgan fingerprint density at radius 2 is 0.929 bits per heavy atom. The minimum atomic E-state index is -4.97. The van der Waals surface area contributed by atoms with Gasteiger partial charge in [-0.25, -0.2) is 0 Å². The summed E-state index contributed by atoms with van der Waals surface area (Å²) in [7, 11) is 5.82. The molecule has 0 saturated carbocycles. The lowest BCUT2D eigenvalue weighted by atomic mass is 9.84. The first kappa shape index (κ1) is 39.9. The minimum Gasteiger partial charge on any atom is -0.493 e. The molecule has 0 aliphatic carbocycles. The third-order valence-corrected chi connectivity index (χ3v) is 9.82. The average molecular weight is 783 g/mol. The SMILES string of the molecule is COc1ccc(C2=NN(c3c(C(=O)c4cccc(C(F)(F)F)c4N4CC(C)(C)C(c5ccc(OC)c(OC)c5)=N4)cccc3C(F)(F)F)CC2(C)C)cc1OC. The van der Waals surface area contributed by atoms with Crippen molar-refractivity contribution in [3.63, 3.8) is 0 Å². The Balaban J connectivity index is 1.53. The van der Waals surface area contributed by atoms with Gasteiger partial charge in [0.15, 0.2) is 28.8 Å². The molecule has 0 unspecified atom stereocenters. The molecule has 0 radical (unpaired) electrons. The molecule has 0 fully saturated rings. The van der Waals surface area contributed by atoms with E-state index in [2.05, 4.69) is 10.2 Å². The van der Waals surface area contributed by atoms with Crippen LogP contribution in [0, 0.1) is 10.8 Å². The highest BCUT2D eigenvalue weighted by molar-refractivity contribution is 6.17. The molecule has 2 aliphatic heterocycles. The van der Waals surface area contributed by atoms with Gasteiger partial charge in [-0.05, 0) is 60.7 Å². The topological polar surface area (TPSA) is 85.2 Å². The Labute approximate surface area is 320 Å². The zero-order valence-corrected chi connectivity index (χ0v) is 31.9. The maximum atomic E-state index is 14.9. The van der Waals surface area contributed by atoms with Crippen LogP contribution in [0.15, 0.2) is 83.0 Å². The summed E-state index contributed by atoms with van der Waals surface area (Å²) in [4.78, 5) is 14.7. The fourth-order valence-electron chi connectivity index (χ4n) is 7.22. The Morgan fingerprint density at radius 1 is 0.571 bits per heavy atom. The molecule has 4 aromatic rings. The summed E-state index contributed by atoms with van der Waals surface area (Å²) in [6.07, 6.45) is -9.93. The monoisotopic (exact) mass is 782 g/mol. The van der Waals surface area contributed by atoms with Crippen molar-refractivity contribution in [2.45, 2.75) is 40.0 Å². The van der Waals surface area contributed by atoms with Gasteiger partial charge in [0.1, 0.15) is 0 Å². The number of carbonyl (C=O) groups excluding carboxylic acids is 1. The van der Waals surface area contributed by atoms with E-state index in [1.54, 1.807) is 64.1 Å². The van der Waals surface area contributed by atoms with E-state index < -0.39 is 62.6 Å². The third kappa shape index (κ3) is 7.21. The number of carbonyl (C=O) groups is 1. The number of ketones is 1. The normalized spacial score (nSPS) is 16.4. The van der Waals surface area contributed by atoms with E-state index in [0.29, 0.717) is 45.5 Å². The molecule has 6 rings (SSSR count). The first-order valence-corrected chi connectivity index (χ1v) is 17.4. The lowest BCUT2D eigenvalue weighted by molar-refractivity contribution is -0.137. The van der Waals surface area contributed by atoms with Gasteiger partial charge in [-0.15, -0.1) is 0 Å². The number of hydrogen-bond acceptors (Lipinski definition) is 9. The quantitative estimate of drug-likeness (QED) is 0.117. The van der Waals surface area contributed by atoms with Crippen LogP contribution in [0.25, 0.3) is 0 Å². The summed E-state index contributed by atoms with van der Waals surface area (Å²) in [6.45, 7) is 6.95. The number of ether oxygens (including phenoxy) is 4. The zero-order valence-electron chi connectivity index (χ0n) is 31.9. The molecule has 0 N–H and O–H groups in total. The second kappa shape index (κ2) is 14.4. The number of para-hydroxylation sites is 2. The molecular weight excluding hydrogens is 742 g/mol. The first-order valence-electron chi connectivity index (χ1n) is 17.4. The maximum absolute atomic E-state index is 14.9. The van der Waals surface area contributed by atoms with Crippen LogP contribution in [-0.2, 0) is 12.4 Å². The van der Waals surface area contributed by atoms with Crippen LogP contribution in [0.2, 0.25) is 0 Å². The van der Waals surface area contributed by atoms with Gasteiger partial charge in [0.2, 0.25) is 0 Å². The van der Waals surface area contributed by atoms with Gasteiger partial charge in [-0.1, -0.05) is 39.8 Å². The van der Waals surface area contributed by atoms with Crippen molar-refractivity contribution in [2.75, 3.05) is 51.5 Å². The number of nitrogens with zero attached hydrogens (tertiary/aromatic N) is 4. The van der Waals surface area contributed by atoms with Crippen molar-refractivity contribution >= 4 is 28.6 Å². The van der Waals surface area contributed by atoms with E-state index in [4.69, 9.17) is 18.9 Å². The number of rotatable bonds is 10. The number of hydrogen-bond donors (Lipinski definition) is 0. The van der Waals surface area contributed by atoms with Crippen LogP contribution >= 0.6 is 0 Å². The smallest absolute Gasteiger partial charge is 0.418 e. The third-order valence-electron chi connectivity index (χ3n) is 9.82. The van der Waals surface area contributed by atoms with Crippen molar-refractivity contribution < 1.29 is 50.1 Å². The first-order chi connectivity index (χ1) is 26.2. The van der Waals surface area contributed by atoms with Gasteiger partial charge in [0.25, 0.3) is 0 Å². The van der Waals surface area contributed by atoms with Crippen molar-refractivity contribution in [3.05, 3.63) is 106 Å². The predicted octanol–water partition coefficient (Wildman–Crippen LogP) is 9.49. The number of alkyl halides is 6. The summed E-state index contributed by atoms with van der Waals surface area (Å²) >= 11 is 0. The molecule has 15 heteroatoms. The fourth-order valence-corrected chi connectivity index (χ4v) is 7.22. The van der Waals surface area contributed by atoms with Crippen LogP contribution in [0.3, 0.4) is 0 Å². The molecule has 56 heavy (non-hydrogen) atoms. The van der Waals surface area contributed by atoms with Crippen LogP contribution in [0.4, 0.5) is 37.7 Å². The highest BCUT2D eigenvalue weighted by Crippen LogP contribution is 2.47. The van der Waals surface area contributed by atoms with Crippen LogP contribution in [-0.4, -0.2) is 58.7 Å². The number of methoxy groups -OCH3 is 4. The molecular formula is C41H40F6N4O5. The Morgan fingerprint density at radius 3 is 1.25 bits per heavy atom. The molecule has 296 valence electrons. The van der Waals surface area contributed by atoms with Gasteiger partial charge in [-0.3, -0.25) is 14.8 Å². The summed E-state index contributed by atoms with van der Waals surface area (Å²) < 4.78 is 111. The Bertz CT molecular complexity index is 2090. The molecule has 4 aromatic carbocycles. The Hall–Kier alpha value is -5.73. The highest BCUT2D eigenvalue weighted by atomic mass is 19.4. The standard InChI is InChI=1S/C41H40F6N4O5/c1-38(2)21-50(48-36(38)23-15-17-29(53-5)31(19-23)55-7)33-25(11-9-13-27(33)40(42,43)44)35(52)26-12-10-14-28(41(45,46)47)34(26)51-22-39(3,4)37(49-51)24-16-18-30(54-6)32(20-24)56-8/h9-20H,21-22H2,1-8H3. The summed E-state index contributed by atoms with van der Waals surface area (Å²) in [5.74, 6) is 0.518. The van der Waals surface area contributed by atoms with Crippen molar-refractivity contribution in [1.82, 2.24) is 0 Å². The number of hydrazone groups is 2. The summed E-state index contributed by atoms with van der Waals surface area (Å²) in [5, 5.41) is 11.5. The summed E-state index contributed by atoms with van der Waals surface area (Å²) in [5.41, 5.74) is -4.39. The molecule has 0 saturated heterocycles. The predicted molar refractivity (Wildman–Crippen MR) is 201 cm³/mol. The van der Waals surface area contributed by atoms with Gasteiger partial charge in [0.05, 0.1) is 75.5 Å². The number of benzene rings is 4. The molecule has 0 spiro atoms. The number of halogens is 6. The van der Waals surface area contributed by atoms with Gasteiger partial charge < -0.3 is 18.9 Å². The molecule has 2 aliphatic rings. The van der Waals surface area contributed by atoms with Crippen LogP contribution < -0.4 is 29.0 Å². The fraction of sp³-hybridized carbons (Fsp3) is 0.341. The van der Waals surface area contributed by atoms with Gasteiger partial charge in [-0.2, -0.15) is 36.5 Å². The molecule has 0 aromatic heterocycles. The van der Waals surface area contributed by atoms with Gasteiger partial charge >= 0.3 is 12.4 Å². The van der Waals surface area contributed by atoms with Crippen molar-refractivity contribution in [3.8, 4) is 23.0 Å². The van der Waals surface area contributed by atoms with Crippen LogP contribution in [0.5, 0.6) is 23.0 Å². The maximum Gasteiger partial charge on any atom is 0.418 e. The largest absolute Gasteiger partial charge is 0.493 e. The second-order valence-electron chi connectivity index (χ2n) is 14.6. The minimum absolute atomic E-state index is 0.0984. The lowest BCUT2D eigenvalue weighted by Gasteiger charge is -2.27. The van der Waals surface area contributed by atoms with Crippen LogP contribution in [0.1, 0.15) is 65.9 Å². The molecule has 0 atom stereocenters. The average Bonchev–Trinajstić information content (AvgIpc) is 3.66. The van der Waals surface area contributed by atoms with Crippen molar-refractivity contribution in [2.24, 2.45) is 21.0 Å². The number of anilines is 2. The lowest BCUT2D eigenvalue weighted by Crippen LogP contribution is -2.31. The van der Waals surface area contributed by atoms with E-state index >= 15 is 0 Å². The molecule has 0 bridgehead atoms. The van der Waals surface area contributed by atoms with E-state index in [0.717, 1.165) is 34.3 Å². The molecule has 9 nitrogen and oxygen atoms in total. The zero-order chi connectivity index (χ0) is 41.0. The highest BCUT2D eigenvalue weighted by Gasteiger charge is 2.45. The van der Waals surface area contributed by atoms with E-state index in [1.165, 1.54) is 40.6 Å². The van der Waals surface area contributed by atoms with E-state index in [1.807, 2.05) is 0 Å². The molecule has 0 amide bonds. The van der Waals surface area contributed by atoms with Crippen molar-refractivity contribution in [1.29, 1.82) is 0 Å². The van der Waals surface area contributed by atoms with E-state index in [9.17, 15) is 31.1 Å². The summed E-state index contributed by atoms with van der Waals surface area (Å²) in [6, 6.07) is 16.0. The second-order valence-corrected chi connectivity index (χ2v) is 14.6. The Kier molecular flexibility index (Phi) is 10.3. The van der Waals surface area contributed by atoms with Gasteiger partial charge in [0, 0.05) is 33.1 Å². The van der Waals surface area contributed by atoms with E-state index in [-0.39, 0.29) is 13.1 Å².